The SMILES string of the molecule is CC(C)(CN)CC(=O)NCc1cccs1. The average molecular weight is 226 g/mol. The van der Waals surface area contributed by atoms with Crippen LogP contribution in [0.1, 0.15) is 25.1 Å². The molecule has 0 saturated carbocycles. The van der Waals surface area contributed by atoms with E-state index in [0.29, 0.717) is 19.5 Å². The highest BCUT2D eigenvalue weighted by atomic mass is 32.1. The van der Waals surface area contributed by atoms with Gasteiger partial charge in [-0.1, -0.05) is 19.9 Å². The Morgan fingerprint density at radius 3 is 2.87 bits per heavy atom. The minimum atomic E-state index is -0.112. The first-order valence-corrected chi connectivity index (χ1v) is 5.90. The number of amides is 1. The number of carbonyl (C=O) groups excluding carboxylic acids is 1. The van der Waals surface area contributed by atoms with E-state index in [4.69, 9.17) is 5.73 Å². The minimum Gasteiger partial charge on any atom is -0.351 e. The zero-order chi connectivity index (χ0) is 11.3. The maximum atomic E-state index is 11.6. The predicted octanol–water partition coefficient (Wildman–Crippen LogP) is 1.74. The summed E-state index contributed by atoms with van der Waals surface area (Å²) in [4.78, 5) is 12.7. The van der Waals surface area contributed by atoms with Crippen LogP contribution in [0.3, 0.4) is 0 Å². The lowest BCUT2D eigenvalue weighted by Crippen LogP contribution is -2.32. The van der Waals surface area contributed by atoms with E-state index in [2.05, 4.69) is 5.32 Å². The van der Waals surface area contributed by atoms with Gasteiger partial charge in [-0.25, -0.2) is 0 Å². The van der Waals surface area contributed by atoms with Crippen LogP contribution in [0.5, 0.6) is 0 Å². The van der Waals surface area contributed by atoms with E-state index in [1.165, 1.54) is 4.88 Å². The Hall–Kier alpha value is -0.870. The van der Waals surface area contributed by atoms with E-state index in [-0.39, 0.29) is 11.3 Å². The summed E-state index contributed by atoms with van der Waals surface area (Å²) in [7, 11) is 0. The lowest BCUT2D eigenvalue weighted by Gasteiger charge is -2.21. The summed E-state index contributed by atoms with van der Waals surface area (Å²) in [6.45, 7) is 5.14. The second-order valence-corrected chi connectivity index (χ2v) is 5.43. The van der Waals surface area contributed by atoms with Gasteiger partial charge >= 0.3 is 0 Å². The first-order valence-electron chi connectivity index (χ1n) is 5.03. The molecule has 1 aromatic heterocycles. The summed E-state index contributed by atoms with van der Waals surface area (Å²) >= 11 is 1.65. The third-order valence-electron chi connectivity index (χ3n) is 2.23. The fraction of sp³-hybridized carbons (Fsp3) is 0.545. The molecule has 15 heavy (non-hydrogen) atoms. The van der Waals surface area contributed by atoms with Crippen molar-refractivity contribution in [1.29, 1.82) is 0 Å². The normalized spacial score (nSPS) is 11.4. The van der Waals surface area contributed by atoms with Gasteiger partial charge in [-0.3, -0.25) is 4.79 Å². The topological polar surface area (TPSA) is 55.1 Å². The van der Waals surface area contributed by atoms with Gasteiger partial charge in [0.05, 0.1) is 6.54 Å². The van der Waals surface area contributed by atoms with Crippen molar-refractivity contribution in [3.8, 4) is 0 Å². The lowest BCUT2D eigenvalue weighted by molar-refractivity contribution is -0.123. The molecule has 0 fully saturated rings. The van der Waals surface area contributed by atoms with Crippen LogP contribution in [0.4, 0.5) is 0 Å². The minimum absolute atomic E-state index is 0.0684. The lowest BCUT2D eigenvalue weighted by atomic mass is 9.89. The predicted molar refractivity (Wildman–Crippen MR) is 63.6 cm³/mol. The Balaban J connectivity index is 2.31. The summed E-state index contributed by atoms with van der Waals surface area (Å²) in [5, 5.41) is 4.90. The standard InChI is InChI=1S/C11H18N2OS/c1-11(2,8-12)6-10(14)13-7-9-4-3-5-15-9/h3-5H,6-8,12H2,1-2H3,(H,13,14). The van der Waals surface area contributed by atoms with Crippen molar-refractivity contribution in [2.45, 2.75) is 26.8 Å². The van der Waals surface area contributed by atoms with Crippen LogP contribution in [0.2, 0.25) is 0 Å². The van der Waals surface area contributed by atoms with Gasteiger partial charge in [0.2, 0.25) is 5.91 Å². The van der Waals surface area contributed by atoms with Crippen LogP contribution < -0.4 is 11.1 Å². The maximum absolute atomic E-state index is 11.6. The van der Waals surface area contributed by atoms with E-state index < -0.39 is 0 Å². The van der Waals surface area contributed by atoms with Gasteiger partial charge in [-0.05, 0) is 23.4 Å². The van der Waals surface area contributed by atoms with Gasteiger partial charge in [0.25, 0.3) is 0 Å². The Morgan fingerprint density at radius 1 is 1.60 bits per heavy atom. The Kier molecular flexibility index (Phi) is 4.29. The highest BCUT2D eigenvalue weighted by molar-refractivity contribution is 7.09. The van der Waals surface area contributed by atoms with E-state index in [0.717, 1.165) is 0 Å². The van der Waals surface area contributed by atoms with Gasteiger partial charge < -0.3 is 11.1 Å². The maximum Gasteiger partial charge on any atom is 0.220 e. The van der Waals surface area contributed by atoms with E-state index in [1.54, 1.807) is 11.3 Å². The van der Waals surface area contributed by atoms with Crippen molar-refractivity contribution >= 4 is 17.2 Å². The molecule has 3 nitrogen and oxygen atoms in total. The summed E-state index contributed by atoms with van der Waals surface area (Å²) in [5.41, 5.74) is 5.46. The number of thiophene rings is 1. The zero-order valence-corrected chi connectivity index (χ0v) is 10.1. The molecular formula is C11H18N2OS. The molecule has 0 atom stereocenters. The fourth-order valence-electron chi connectivity index (χ4n) is 1.17. The molecule has 1 heterocycles. The molecule has 3 N–H and O–H groups in total. The van der Waals surface area contributed by atoms with Gasteiger partial charge in [0.15, 0.2) is 0 Å². The van der Waals surface area contributed by atoms with Gasteiger partial charge in [-0.2, -0.15) is 0 Å². The largest absolute Gasteiger partial charge is 0.351 e. The van der Waals surface area contributed by atoms with Crippen molar-refractivity contribution < 1.29 is 4.79 Å². The molecule has 1 rings (SSSR count). The van der Waals surface area contributed by atoms with Crippen LogP contribution in [0.25, 0.3) is 0 Å². The summed E-state index contributed by atoms with van der Waals surface area (Å²) in [5.74, 6) is 0.0684. The molecule has 4 heteroatoms. The fourth-order valence-corrected chi connectivity index (χ4v) is 1.81. The van der Waals surface area contributed by atoms with Gasteiger partial charge in [0, 0.05) is 11.3 Å². The zero-order valence-electron chi connectivity index (χ0n) is 9.25. The smallest absolute Gasteiger partial charge is 0.220 e. The molecule has 0 spiro atoms. The molecule has 0 bridgehead atoms. The molecule has 1 amide bonds. The van der Waals surface area contributed by atoms with Crippen LogP contribution in [0.15, 0.2) is 17.5 Å². The number of hydrogen-bond acceptors (Lipinski definition) is 3. The van der Waals surface area contributed by atoms with Crippen molar-refractivity contribution in [3.05, 3.63) is 22.4 Å². The molecule has 0 radical (unpaired) electrons. The van der Waals surface area contributed by atoms with E-state index in [1.807, 2.05) is 31.4 Å². The first-order chi connectivity index (χ1) is 7.03. The summed E-state index contributed by atoms with van der Waals surface area (Å²) < 4.78 is 0. The van der Waals surface area contributed by atoms with Gasteiger partial charge in [0.1, 0.15) is 0 Å². The monoisotopic (exact) mass is 226 g/mol. The van der Waals surface area contributed by atoms with Crippen molar-refractivity contribution in [2.75, 3.05) is 6.54 Å². The third kappa shape index (κ3) is 4.44. The molecule has 84 valence electrons. The Bertz CT molecular complexity index is 306. The Morgan fingerprint density at radius 2 is 2.33 bits per heavy atom. The average Bonchev–Trinajstić information content (AvgIpc) is 2.66. The van der Waals surface area contributed by atoms with E-state index >= 15 is 0 Å². The quantitative estimate of drug-likeness (QED) is 0.803. The molecule has 0 aliphatic carbocycles. The summed E-state index contributed by atoms with van der Waals surface area (Å²) in [6, 6.07) is 4.00. The number of rotatable bonds is 5. The summed E-state index contributed by atoms with van der Waals surface area (Å²) in [6.07, 6.45) is 0.481. The van der Waals surface area contributed by atoms with Gasteiger partial charge in [-0.15, -0.1) is 11.3 Å². The number of nitrogens with two attached hydrogens (primary N) is 1. The number of carbonyl (C=O) groups is 1. The molecular weight excluding hydrogens is 208 g/mol. The first kappa shape index (κ1) is 12.2. The van der Waals surface area contributed by atoms with Crippen LogP contribution in [-0.2, 0) is 11.3 Å². The van der Waals surface area contributed by atoms with Crippen molar-refractivity contribution in [3.63, 3.8) is 0 Å². The second kappa shape index (κ2) is 5.28. The number of hydrogen-bond donors (Lipinski definition) is 2. The van der Waals surface area contributed by atoms with Crippen LogP contribution >= 0.6 is 11.3 Å². The van der Waals surface area contributed by atoms with Crippen LogP contribution in [0, 0.1) is 5.41 Å². The highest BCUT2D eigenvalue weighted by Gasteiger charge is 2.19. The molecule has 0 aliphatic heterocycles. The highest BCUT2D eigenvalue weighted by Crippen LogP contribution is 2.17. The van der Waals surface area contributed by atoms with Crippen molar-refractivity contribution in [2.24, 2.45) is 11.1 Å². The molecule has 0 saturated heterocycles. The Labute approximate surface area is 94.7 Å². The molecule has 0 aromatic carbocycles. The molecule has 0 aliphatic rings. The third-order valence-corrected chi connectivity index (χ3v) is 3.11. The number of nitrogens with one attached hydrogen (secondary N) is 1. The second-order valence-electron chi connectivity index (χ2n) is 4.40. The molecule has 1 aromatic rings. The van der Waals surface area contributed by atoms with Crippen molar-refractivity contribution in [1.82, 2.24) is 5.32 Å². The van der Waals surface area contributed by atoms with Crippen LogP contribution in [-0.4, -0.2) is 12.5 Å². The molecule has 0 unspecified atom stereocenters. The van der Waals surface area contributed by atoms with E-state index in [9.17, 15) is 4.79 Å².